The summed E-state index contributed by atoms with van der Waals surface area (Å²) < 4.78 is 0. The molecule has 1 heterocycles. The monoisotopic (exact) mass is 265 g/mol. The van der Waals surface area contributed by atoms with E-state index < -0.39 is 4.92 Å². The van der Waals surface area contributed by atoms with Crippen molar-refractivity contribution >= 4 is 28.7 Å². The predicted octanol–water partition coefficient (Wildman–Crippen LogP) is 3.64. The van der Waals surface area contributed by atoms with Crippen LogP contribution in [-0.2, 0) is 0 Å². The molecule has 1 N–H and O–H groups in total. The molecule has 0 aliphatic carbocycles. The molecule has 0 radical (unpaired) electrons. The molecule has 0 fully saturated rings. The standard InChI is InChI=1S/C15H11N3O2/c19-18(20)12-7-8-13-14(16-17-15(13)10-12)9-6-11-4-2-1-3-5-11/h1-10H,(H,16,17). The average Bonchev–Trinajstić information content (AvgIpc) is 2.88. The van der Waals surface area contributed by atoms with E-state index in [1.165, 1.54) is 12.1 Å². The molecule has 0 spiro atoms. The maximum absolute atomic E-state index is 10.7. The van der Waals surface area contributed by atoms with Gasteiger partial charge in [0.1, 0.15) is 0 Å². The summed E-state index contributed by atoms with van der Waals surface area (Å²) in [5.74, 6) is 0. The Labute approximate surface area is 114 Å². The third-order valence-corrected chi connectivity index (χ3v) is 3.02. The molecule has 3 rings (SSSR count). The molecule has 1 aromatic heterocycles. The van der Waals surface area contributed by atoms with E-state index in [1.54, 1.807) is 6.07 Å². The molecule has 0 atom stereocenters. The zero-order chi connectivity index (χ0) is 13.9. The van der Waals surface area contributed by atoms with Crippen LogP contribution in [0.5, 0.6) is 0 Å². The van der Waals surface area contributed by atoms with Gasteiger partial charge in [-0.15, -0.1) is 0 Å². The number of fused-ring (bicyclic) bond motifs is 1. The highest BCUT2D eigenvalue weighted by molar-refractivity contribution is 5.90. The Hall–Kier alpha value is -2.95. The largest absolute Gasteiger partial charge is 0.277 e. The predicted molar refractivity (Wildman–Crippen MR) is 78.1 cm³/mol. The highest BCUT2D eigenvalue weighted by atomic mass is 16.6. The van der Waals surface area contributed by atoms with Crippen molar-refractivity contribution in [1.82, 2.24) is 10.2 Å². The van der Waals surface area contributed by atoms with Gasteiger partial charge < -0.3 is 0 Å². The van der Waals surface area contributed by atoms with Gasteiger partial charge in [-0.3, -0.25) is 15.2 Å². The molecule has 0 bridgehead atoms. The lowest BCUT2D eigenvalue weighted by molar-refractivity contribution is -0.384. The fourth-order valence-corrected chi connectivity index (χ4v) is 2.01. The van der Waals surface area contributed by atoms with Crippen LogP contribution in [-0.4, -0.2) is 15.1 Å². The number of aromatic nitrogens is 2. The van der Waals surface area contributed by atoms with Crippen molar-refractivity contribution in [2.75, 3.05) is 0 Å². The molecule has 5 heteroatoms. The van der Waals surface area contributed by atoms with Crippen molar-refractivity contribution in [3.63, 3.8) is 0 Å². The maximum atomic E-state index is 10.7. The van der Waals surface area contributed by atoms with Crippen LogP contribution in [0, 0.1) is 10.1 Å². The van der Waals surface area contributed by atoms with Gasteiger partial charge in [0.2, 0.25) is 0 Å². The molecule has 2 aromatic carbocycles. The van der Waals surface area contributed by atoms with Gasteiger partial charge in [-0.1, -0.05) is 36.4 Å². The Morgan fingerprint density at radius 1 is 1.10 bits per heavy atom. The van der Waals surface area contributed by atoms with Gasteiger partial charge in [0.05, 0.1) is 16.1 Å². The number of nitrogens with one attached hydrogen (secondary N) is 1. The summed E-state index contributed by atoms with van der Waals surface area (Å²) in [4.78, 5) is 10.3. The number of aromatic amines is 1. The second-order valence-corrected chi connectivity index (χ2v) is 4.34. The summed E-state index contributed by atoms with van der Waals surface area (Å²) in [5, 5.41) is 18.6. The number of nitro benzene ring substituents is 1. The highest BCUT2D eigenvalue weighted by Crippen LogP contribution is 2.22. The second kappa shape index (κ2) is 4.97. The van der Waals surface area contributed by atoms with Gasteiger partial charge in [0.25, 0.3) is 5.69 Å². The van der Waals surface area contributed by atoms with Crippen LogP contribution in [0.3, 0.4) is 0 Å². The summed E-state index contributed by atoms with van der Waals surface area (Å²) in [6.45, 7) is 0. The normalized spacial score (nSPS) is 11.2. The van der Waals surface area contributed by atoms with Gasteiger partial charge >= 0.3 is 0 Å². The smallest absolute Gasteiger partial charge is 0.271 e. The van der Waals surface area contributed by atoms with Crippen molar-refractivity contribution < 1.29 is 4.92 Å². The number of hydrogen-bond donors (Lipinski definition) is 1. The lowest BCUT2D eigenvalue weighted by Crippen LogP contribution is -1.86. The van der Waals surface area contributed by atoms with Crippen molar-refractivity contribution in [2.45, 2.75) is 0 Å². The zero-order valence-electron chi connectivity index (χ0n) is 10.5. The van der Waals surface area contributed by atoms with Crippen LogP contribution in [0.4, 0.5) is 5.69 Å². The molecule has 98 valence electrons. The van der Waals surface area contributed by atoms with E-state index in [1.807, 2.05) is 42.5 Å². The van der Waals surface area contributed by atoms with Crippen LogP contribution >= 0.6 is 0 Å². The molecule has 20 heavy (non-hydrogen) atoms. The fraction of sp³-hybridized carbons (Fsp3) is 0. The quantitative estimate of drug-likeness (QED) is 0.580. The molecule has 0 aliphatic heterocycles. The second-order valence-electron chi connectivity index (χ2n) is 4.34. The third-order valence-electron chi connectivity index (χ3n) is 3.02. The Balaban J connectivity index is 1.97. The van der Waals surface area contributed by atoms with Crippen molar-refractivity contribution in [3.8, 4) is 0 Å². The van der Waals surface area contributed by atoms with Gasteiger partial charge in [-0.2, -0.15) is 5.10 Å². The van der Waals surface area contributed by atoms with E-state index in [0.29, 0.717) is 5.52 Å². The van der Waals surface area contributed by atoms with Gasteiger partial charge in [-0.25, -0.2) is 0 Å². The van der Waals surface area contributed by atoms with Crippen LogP contribution in [0.15, 0.2) is 48.5 Å². The first-order chi connectivity index (χ1) is 9.74. The fourth-order valence-electron chi connectivity index (χ4n) is 2.01. The Kier molecular flexibility index (Phi) is 3.01. The summed E-state index contributed by atoms with van der Waals surface area (Å²) >= 11 is 0. The molecule has 0 saturated heterocycles. The number of H-pyrrole nitrogens is 1. The first kappa shape index (κ1) is 12.1. The minimum atomic E-state index is -0.417. The number of nitrogens with zero attached hydrogens (tertiary/aromatic N) is 2. The van der Waals surface area contributed by atoms with Crippen molar-refractivity contribution in [3.05, 3.63) is 69.9 Å². The summed E-state index contributed by atoms with van der Waals surface area (Å²) in [5.41, 5.74) is 2.55. The lowest BCUT2D eigenvalue weighted by Gasteiger charge is -1.93. The van der Waals surface area contributed by atoms with Gasteiger partial charge in [0, 0.05) is 17.5 Å². The number of benzene rings is 2. The molecule has 0 unspecified atom stereocenters. The average molecular weight is 265 g/mol. The Morgan fingerprint density at radius 2 is 1.90 bits per heavy atom. The van der Waals surface area contributed by atoms with E-state index >= 15 is 0 Å². The summed E-state index contributed by atoms with van der Waals surface area (Å²) in [7, 11) is 0. The Morgan fingerprint density at radius 3 is 2.65 bits per heavy atom. The van der Waals surface area contributed by atoms with Crippen LogP contribution in [0.25, 0.3) is 23.1 Å². The molecule has 5 nitrogen and oxygen atoms in total. The minimum Gasteiger partial charge on any atom is -0.277 e. The first-order valence-electron chi connectivity index (χ1n) is 6.10. The van der Waals surface area contributed by atoms with Crippen LogP contribution in [0.2, 0.25) is 0 Å². The molecule has 3 aromatic rings. The molecule has 0 amide bonds. The summed E-state index contributed by atoms with van der Waals surface area (Å²) in [6.07, 6.45) is 3.84. The number of rotatable bonds is 3. The summed E-state index contributed by atoms with van der Waals surface area (Å²) in [6, 6.07) is 14.6. The lowest BCUT2D eigenvalue weighted by atomic mass is 10.1. The molecule has 0 saturated carbocycles. The number of non-ortho nitro benzene ring substituents is 1. The first-order valence-corrected chi connectivity index (χ1v) is 6.10. The van der Waals surface area contributed by atoms with Crippen LogP contribution in [0.1, 0.15) is 11.3 Å². The number of hydrogen-bond acceptors (Lipinski definition) is 3. The minimum absolute atomic E-state index is 0.0553. The maximum Gasteiger partial charge on any atom is 0.271 e. The third kappa shape index (κ3) is 2.29. The Bertz CT molecular complexity index is 791. The van der Waals surface area contributed by atoms with E-state index in [9.17, 15) is 10.1 Å². The van der Waals surface area contributed by atoms with Crippen molar-refractivity contribution in [1.29, 1.82) is 0 Å². The number of nitro groups is 1. The molecular weight excluding hydrogens is 254 g/mol. The van der Waals surface area contributed by atoms with Gasteiger partial charge in [0.15, 0.2) is 0 Å². The van der Waals surface area contributed by atoms with Gasteiger partial charge in [-0.05, 0) is 17.7 Å². The highest BCUT2D eigenvalue weighted by Gasteiger charge is 2.09. The van der Waals surface area contributed by atoms with E-state index in [2.05, 4.69) is 10.2 Å². The molecular formula is C15H11N3O2. The van der Waals surface area contributed by atoms with Crippen molar-refractivity contribution in [2.24, 2.45) is 0 Å². The topological polar surface area (TPSA) is 71.8 Å². The zero-order valence-corrected chi connectivity index (χ0v) is 10.5. The van der Waals surface area contributed by atoms with E-state index in [0.717, 1.165) is 16.6 Å². The SMILES string of the molecule is O=[N+]([O-])c1ccc2c(C=Cc3ccccc3)n[nH]c2c1. The van der Waals surface area contributed by atoms with E-state index in [-0.39, 0.29) is 5.69 Å². The van der Waals surface area contributed by atoms with E-state index in [4.69, 9.17) is 0 Å². The van der Waals surface area contributed by atoms with Crippen LogP contribution < -0.4 is 0 Å². The molecule has 0 aliphatic rings.